The molecule has 0 spiro atoms. The van der Waals surface area contributed by atoms with Crippen LogP contribution in [0.5, 0.6) is 0 Å². The van der Waals surface area contributed by atoms with Crippen molar-refractivity contribution in [3.8, 4) is 0 Å². The lowest BCUT2D eigenvalue weighted by molar-refractivity contribution is -0.121. The molecule has 0 atom stereocenters. The molecule has 0 radical (unpaired) electrons. The molecule has 0 saturated heterocycles. The van der Waals surface area contributed by atoms with Gasteiger partial charge in [-0.2, -0.15) is 5.10 Å². The maximum absolute atomic E-state index is 12.4. The summed E-state index contributed by atoms with van der Waals surface area (Å²) in [4.78, 5) is 25.0. The van der Waals surface area contributed by atoms with Gasteiger partial charge in [-0.25, -0.2) is 14.6 Å². The molecule has 3 heterocycles. The highest BCUT2D eigenvalue weighted by Gasteiger charge is 2.15. The molecule has 4 rings (SSSR count). The molecule has 0 aliphatic rings. The third kappa shape index (κ3) is 3.92. The number of amides is 1. The number of aryl methyl sites for hydroxylation is 2. The van der Waals surface area contributed by atoms with Gasteiger partial charge in [0, 0.05) is 36.5 Å². The number of carbonyl (C=O) groups is 1. The number of aromatic nitrogens is 5. The molecule has 30 heavy (non-hydrogen) atoms. The summed E-state index contributed by atoms with van der Waals surface area (Å²) in [5.41, 5.74) is 6.16. The number of aromatic amines is 1. The Morgan fingerprint density at radius 3 is 2.73 bits per heavy atom. The summed E-state index contributed by atoms with van der Waals surface area (Å²) in [5.74, 6) is 0.933. The van der Waals surface area contributed by atoms with E-state index in [9.17, 15) is 4.79 Å². The maximum Gasteiger partial charge on any atom is 0.220 e. The lowest BCUT2D eigenvalue weighted by Crippen LogP contribution is -2.26. The topological polar surface area (TPSA) is 88.5 Å². The number of H-pyrrole nitrogens is 1. The molecular weight excluding hydrogens is 376 g/mol. The summed E-state index contributed by atoms with van der Waals surface area (Å²) < 4.78 is 1.95. The molecule has 0 fully saturated rings. The van der Waals surface area contributed by atoms with Crippen molar-refractivity contribution in [1.82, 2.24) is 30.0 Å². The maximum atomic E-state index is 12.4. The van der Waals surface area contributed by atoms with Crippen molar-refractivity contribution in [3.63, 3.8) is 0 Å². The van der Waals surface area contributed by atoms with Crippen LogP contribution >= 0.6 is 0 Å². The van der Waals surface area contributed by atoms with Crippen molar-refractivity contribution in [3.05, 3.63) is 53.1 Å². The van der Waals surface area contributed by atoms with Crippen LogP contribution in [0.3, 0.4) is 0 Å². The number of hydrogen-bond donors (Lipinski definition) is 2. The third-order valence-electron chi connectivity index (χ3n) is 5.55. The molecule has 4 aromatic rings. The lowest BCUT2D eigenvalue weighted by Gasteiger charge is -2.12. The molecule has 156 valence electrons. The van der Waals surface area contributed by atoms with Crippen LogP contribution < -0.4 is 5.32 Å². The molecule has 1 aromatic carbocycles. The Balaban J connectivity index is 1.36. The Hall–Kier alpha value is -3.22. The fourth-order valence-electron chi connectivity index (χ4n) is 3.91. The van der Waals surface area contributed by atoms with Crippen molar-refractivity contribution in [2.75, 3.05) is 6.54 Å². The van der Waals surface area contributed by atoms with Crippen LogP contribution in [0.1, 0.15) is 49.0 Å². The highest BCUT2D eigenvalue weighted by Crippen LogP contribution is 2.25. The third-order valence-corrected chi connectivity index (χ3v) is 5.55. The Morgan fingerprint density at radius 2 is 1.97 bits per heavy atom. The summed E-state index contributed by atoms with van der Waals surface area (Å²) in [6, 6.07) is 8.20. The molecule has 0 bridgehead atoms. The van der Waals surface area contributed by atoms with Gasteiger partial charge in [0.05, 0.1) is 17.2 Å². The first kappa shape index (κ1) is 20.1. The SMILES string of the molecule is Cc1nc2c(cnn2C(C)C)c(C)c1CCC(=O)NCCc1nc2ccccc2[nH]1. The highest BCUT2D eigenvalue weighted by molar-refractivity contribution is 5.81. The predicted molar refractivity (Wildman–Crippen MR) is 119 cm³/mol. The number of pyridine rings is 1. The van der Waals surface area contributed by atoms with E-state index in [0.717, 1.165) is 39.1 Å². The summed E-state index contributed by atoms with van der Waals surface area (Å²) in [6.07, 6.45) is 3.67. The summed E-state index contributed by atoms with van der Waals surface area (Å²) in [7, 11) is 0. The van der Waals surface area contributed by atoms with Crippen molar-refractivity contribution in [2.45, 2.75) is 53.0 Å². The van der Waals surface area contributed by atoms with Gasteiger partial charge in [0.25, 0.3) is 0 Å². The average molecular weight is 405 g/mol. The van der Waals surface area contributed by atoms with E-state index in [1.54, 1.807) is 0 Å². The molecule has 3 aromatic heterocycles. The number of benzene rings is 1. The molecule has 0 aliphatic heterocycles. The van der Waals surface area contributed by atoms with E-state index < -0.39 is 0 Å². The summed E-state index contributed by atoms with van der Waals surface area (Å²) >= 11 is 0. The highest BCUT2D eigenvalue weighted by atomic mass is 16.1. The number of fused-ring (bicyclic) bond motifs is 2. The minimum Gasteiger partial charge on any atom is -0.356 e. The van der Waals surface area contributed by atoms with Crippen molar-refractivity contribution < 1.29 is 4.79 Å². The van der Waals surface area contributed by atoms with Gasteiger partial charge < -0.3 is 10.3 Å². The van der Waals surface area contributed by atoms with E-state index in [-0.39, 0.29) is 11.9 Å². The fourth-order valence-corrected chi connectivity index (χ4v) is 3.91. The summed E-state index contributed by atoms with van der Waals surface area (Å²) in [6.45, 7) is 8.87. The van der Waals surface area contributed by atoms with E-state index in [0.29, 0.717) is 25.8 Å². The normalized spacial score (nSPS) is 11.6. The molecule has 0 saturated carbocycles. The van der Waals surface area contributed by atoms with Crippen LogP contribution in [0.15, 0.2) is 30.5 Å². The Kier molecular flexibility index (Phi) is 5.53. The van der Waals surface area contributed by atoms with E-state index in [2.05, 4.69) is 41.2 Å². The zero-order chi connectivity index (χ0) is 21.3. The van der Waals surface area contributed by atoms with Gasteiger partial charge in [0.1, 0.15) is 5.82 Å². The van der Waals surface area contributed by atoms with Crippen LogP contribution in [0.4, 0.5) is 0 Å². The second-order valence-electron chi connectivity index (χ2n) is 8.02. The van der Waals surface area contributed by atoms with Crippen LogP contribution in [0.2, 0.25) is 0 Å². The minimum atomic E-state index is 0.0443. The van der Waals surface area contributed by atoms with E-state index >= 15 is 0 Å². The Morgan fingerprint density at radius 1 is 1.17 bits per heavy atom. The van der Waals surface area contributed by atoms with Gasteiger partial charge >= 0.3 is 0 Å². The molecule has 7 heteroatoms. The molecule has 2 N–H and O–H groups in total. The molecular formula is C23H28N6O. The van der Waals surface area contributed by atoms with Crippen molar-refractivity contribution in [2.24, 2.45) is 0 Å². The van der Waals surface area contributed by atoms with Gasteiger partial charge in [-0.15, -0.1) is 0 Å². The number of rotatable bonds is 7. The van der Waals surface area contributed by atoms with Gasteiger partial charge in [0.15, 0.2) is 5.65 Å². The first-order valence-corrected chi connectivity index (χ1v) is 10.5. The molecule has 1 amide bonds. The van der Waals surface area contributed by atoms with Gasteiger partial charge in [-0.1, -0.05) is 12.1 Å². The van der Waals surface area contributed by atoms with Gasteiger partial charge in [-0.05, 0) is 57.4 Å². The molecule has 0 unspecified atom stereocenters. The zero-order valence-electron chi connectivity index (χ0n) is 18.0. The van der Waals surface area contributed by atoms with E-state index in [1.165, 1.54) is 5.56 Å². The smallest absolute Gasteiger partial charge is 0.220 e. The second-order valence-corrected chi connectivity index (χ2v) is 8.02. The standard InChI is InChI=1S/C23H28N6O/c1-14(2)29-23-18(13-25-29)15(3)17(16(4)26-23)9-10-22(30)24-12-11-21-27-19-7-5-6-8-20(19)28-21/h5-8,13-14H,9-12H2,1-4H3,(H,24,30)(H,27,28). The summed E-state index contributed by atoms with van der Waals surface area (Å²) in [5, 5.41) is 8.55. The second kappa shape index (κ2) is 8.26. The first-order valence-electron chi connectivity index (χ1n) is 10.5. The number of carbonyl (C=O) groups excluding carboxylic acids is 1. The number of para-hydroxylation sites is 2. The lowest BCUT2D eigenvalue weighted by atomic mass is 10.0. The predicted octanol–water partition coefficient (Wildman–Crippen LogP) is 3.80. The van der Waals surface area contributed by atoms with Crippen LogP contribution in [0, 0.1) is 13.8 Å². The Bertz CT molecular complexity index is 1170. The van der Waals surface area contributed by atoms with E-state index in [4.69, 9.17) is 4.98 Å². The minimum absolute atomic E-state index is 0.0443. The number of nitrogens with zero attached hydrogens (tertiary/aromatic N) is 4. The van der Waals surface area contributed by atoms with Gasteiger partial charge in [0.2, 0.25) is 5.91 Å². The molecule has 7 nitrogen and oxygen atoms in total. The number of nitrogens with one attached hydrogen (secondary N) is 2. The quantitative estimate of drug-likeness (QED) is 0.490. The monoisotopic (exact) mass is 404 g/mol. The molecule has 0 aliphatic carbocycles. The average Bonchev–Trinajstić information content (AvgIpc) is 3.31. The van der Waals surface area contributed by atoms with Crippen LogP contribution in [-0.4, -0.2) is 37.2 Å². The van der Waals surface area contributed by atoms with Crippen LogP contribution in [-0.2, 0) is 17.6 Å². The fraction of sp³-hybridized carbons (Fsp3) is 0.391. The van der Waals surface area contributed by atoms with E-state index in [1.807, 2.05) is 42.1 Å². The van der Waals surface area contributed by atoms with Gasteiger partial charge in [-0.3, -0.25) is 4.79 Å². The first-order chi connectivity index (χ1) is 14.4. The van der Waals surface area contributed by atoms with Crippen molar-refractivity contribution in [1.29, 1.82) is 0 Å². The largest absolute Gasteiger partial charge is 0.356 e. The Labute approximate surface area is 175 Å². The van der Waals surface area contributed by atoms with Crippen molar-refractivity contribution >= 4 is 28.0 Å². The zero-order valence-corrected chi connectivity index (χ0v) is 18.0. The number of imidazole rings is 1. The number of hydrogen-bond acceptors (Lipinski definition) is 4. The van der Waals surface area contributed by atoms with Crippen LogP contribution in [0.25, 0.3) is 22.1 Å².